The lowest BCUT2D eigenvalue weighted by atomic mass is 10.1. The van der Waals surface area contributed by atoms with Gasteiger partial charge in [-0.25, -0.2) is 0 Å². The molecule has 1 unspecified atom stereocenters. The van der Waals surface area contributed by atoms with E-state index in [-0.39, 0.29) is 0 Å². The molecular weight excluding hydrogens is 209 g/mol. The lowest BCUT2D eigenvalue weighted by molar-refractivity contribution is 0.346. The predicted octanol–water partition coefficient (Wildman–Crippen LogP) is 3.46. The van der Waals surface area contributed by atoms with E-state index in [4.69, 9.17) is 4.89 Å². The summed E-state index contributed by atoms with van der Waals surface area (Å²) in [6, 6.07) is 0. The highest BCUT2D eigenvalue weighted by molar-refractivity contribution is 7.35. The molecule has 1 N–H and O–H groups in total. The Bertz CT molecular complexity index is 175. The molecule has 0 amide bonds. The third kappa shape index (κ3) is 6.24. The summed E-state index contributed by atoms with van der Waals surface area (Å²) < 4.78 is 12.8. The van der Waals surface area contributed by atoms with Crippen molar-refractivity contribution in [3.63, 3.8) is 0 Å². The van der Waals surface area contributed by atoms with Gasteiger partial charge in [-0.1, -0.05) is 49.6 Å². The summed E-state index contributed by atoms with van der Waals surface area (Å²) in [4.78, 5) is 9.12. The van der Waals surface area contributed by atoms with Crippen molar-refractivity contribution in [3.05, 3.63) is 0 Å². The van der Waals surface area contributed by atoms with E-state index in [0.717, 1.165) is 25.9 Å². The minimum Gasteiger partial charge on any atom is -0.144 e. The van der Waals surface area contributed by atoms with E-state index in [1.54, 1.807) is 4.67 Å². The minimum absolute atomic E-state index is 0.797. The molecule has 3 nitrogen and oxygen atoms in total. The van der Waals surface area contributed by atoms with Crippen molar-refractivity contribution < 1.29 is 9.46 Å². The molecule has 88 valence electrons. The quantitative estimate of drug-likeness (QED) is 0.704. The zero-order valence-electron chi connectivity index (χ0n) is 9.53. The molecule has 1 saturated heterocycles. The maximum atomic E-state index is 11.0. The van der Waals surface area contributed by atoms with Crippen LogP contribution in [0.4, 0.5) is 0 Å². The average molecular weight is 232 g/mol. The Morgan fingerprint density at radius 3 is 1.40 bits per heavy atom. The second kappa shape index (κ2) is 8.20. The molecule has 0 aliphatic carbocycles. The fourth-order valence-corrected chi connectivity index (χ4v) is 2.73. The zero-order valence-corrected chi connectivity index (χ0v) is 10.4. The highest BCUT2D eigenvalue weighted by atomic mass is 31.1. The Kier molecular flexibility index (Phi) is 7.16. The fourth-order valence-electron chi connectivity index (χ4n) is 2.11. The molecule has 0 aromatic rings. The average Bonchev–Trinajstić information content (AvgIpc) is 2.18. The van der Waals surface area contributed by atoms with Gasteiger partial charge < -0.3 is 0 Å². The monoisotopic (exact) mass is 232 g/mol. The number of hydrogen-bond donors (Lipinski definition) is 1. The molecule has 0 aromatic carbocycles. The van der Waals surface area contributed by atoms with Crippen LogP contribution in [0.15, 0.2) is 0 Å². The summed E-state index contributed by atoms with van der Waals surface area (Å²) in [7, 11) is -2.10. The molecule has 15 heavy (non-hydrogen) atoms. The first kappa shape index (κ1) is 13.1. The SMILES string of the molecule is O=[P+](O)N1CCCCCCCCCCC1. The molecule has 0 saturated carbocycles. The van der Waals surface area contributed by atoms with Crippen molar-refractivity contribution in [2.24, 2.45) is 0 Å². The first-order valence-corrected chi connectivity index (χ1v) is 7.38. The summed E-state index contributed by atoms with van der Waals surface area (Å²) in [6.07, 6.45) is 11.2. The van der Waals surface area contributed by atoms with Crippen molar-refractivity contribution >= 4 is 8.18 Å². The van der Waals surface area contributed by atoms with Crippen molar-refractivity contribution in [1.82, 2.24) is 4.67 Å². The van der Waals surface area contributed by atoms with Crippen LogP contribution >= 0.6 is 8.18 Å². The van der Waals surface area contributed by atoms with Gasteiger partial charge >= 0.3 is 8.18 Å². The Balaban J connectivity index is 2.28. The van der Waals surface area contributed by atoms with Crippen LogP contribution in [0.5, 0.6) is 0 Å². The van der Waals surface area contributed by atoms with Crippen molar-refractivity contribution in [2.45, 2.75) is 57.8 Å². The van der Waals surface area contributed by atoms with Crippen LogP contribution < -0.4 is 0 Å². The molecule has 0 spiro atoms. The summed E-state index contributed by atoms with van der Waals surface area (Å²) in [5.41, 5.74) is 0. The normalized spacial score (nSPS) is 23.9. The molecule has 1 atom stereocenters. The Labute approximate surface area is 93.8 Å². The standard InChI is InChI=1S/C11H22NO2P/c13-15(14)12-10-8-6-4-2-1-3-5-7-9-11-12/h1-11H2/p+1. The zero-order chi connectivity index (χ0) is 10.9. The Morgan fingerprint density at radius 2 is 1.07 bits per heavy atom. The van der Waals surface area contributed by atoms with Gasteiger partial charge in [-0.2, -0.15) is 0 Å². The van der Waals surface area contributed by atoms with Gasteiger partial charge in [0.2, 0.25) is 0 Å². The van der Waals surface area contributed by atoms with E-state index >= 15 is 0 Å². The minimum atomic E-state index is -2.10. The summed E-state index contributed by atoms with van der Waals surface area (Å²) in [6.45, 7) is 1.59. The van der Waals surface area contributed by atoms with E-state index in [2.05, 4.69) is 0 Å². The van der Waals surface area contributed by atoms with Crippen LogP contribution in [0.1, 0.15) is 57.8 Å². The van der Waals surface area contributed by atoms with Crippen LogP contribution in [-0.4, -0.2) is 22.7 Å². The van der Waals surface area contributed by atoms with E-state index in [1.807, 2.05) is 0 Å². The Morgan fingerprint density at radius 1 is 0.733 bits per heavy atom. The van der Waals surface area contributed by atoms with E-state index in [9.17, 15) is 4.57 Å². The maximum absolute atomic E-state index is 11.0. The Hall–Kier alpha value is 0.0200. The van der Waals surface area contributed by atoms with Gasteiger partial charge in [-0.15, -0.1) is 4.89 Å². The summed E-state index contributed by atoms with van der Waals surface area (Å²) in [5, 5.41) is 0. The molecule has 0 aromatic heterocycles. The number of nitrogens with zero attached hydrogens (tertiary/aromatic N) is 1. The van der Waals surface area contributed by atoms with Crippen molar-refractivity contribution in [2.75, 3.05) is 13.1 Å². The van der Waals surface area contributed by atoms with Crippen LogP contribution in [0.2, 0.25) is 0 Å². The highest BCUT2D eigenvalue weighted by Gasteiger charge is 2.24. The molecule has 1 fully saturated rings. The topological polar surface area (TPSA) is 40.5 Å². The van der Waals surface area contributed by atoms with Gasteiger partial charge in [0.25, 0.3) is 0 Å². The molecule has 1 aliphatic heterocycles. The predicted molar refractivity (Wildman–Crippen MR) is 63.0 cm³/mol. The molecule has 1 aliphatic rings. The second-order valence-electron chi connectivity index (χ2n) is 4.39. The third-order valence-corrected chi connectivity index (χ3v) is 3.96. The molecule has 0 radical (unpaired) electrons. The lowest BCUT2D eigenvalue weighted by Gasteiger charge is -2.10. The summed E-state index contributed by atoms with van der Waals surface area (Å²) in [5.74, 6) is 0. The lowest BCUT2D eigenvalue weighted by Crippen LogP contribution is -2.18. The van der Waals surface area contributed by atoms with Gasteiger partial charge in [0.1, 0.15) is 0 Å². The highest BCUT2D eigenvalue weighted by Crippen LogP contribution is 2.23. The smallest absolute Gasteiger partial charge is 0.144 e. The van der Waals surface area contributed by atoms with Gasteiger partial charge in [-0.3, -0.25) is 0 Å². The maximum Gasteiger partial charge on any atom is 0.613 e. The van der Waals surface area contributed by atoms with E-state index < -0.39 is 8.18 Å². The third-order valence-electron chi connectivity index (χ3n) is 3.07. The first-order valence-electron chi connectivity index (χ1n) is 6.22. The molecule has 1 heterocycles. The van der Waals surface area contributed by atoms with Crippen LogP contribution in [0.3, 0.4) is 0 Å². The van der Waals surface area contributed by atoms with Crippen LogP contribution in [-0.2, 0) is 4.57 Å². The molecule has 1 rings (SSSR count). The largest absolute Gasteiger partial charge is 0.613 e. The fraction of sp³-hybridized carbons (Fsp3) is 1.00. The van der Waals surface area contributed by atoms with Gasteiger partial charge in [0.15, 0.2) is 0 Å². The number of hydrogen-bond acceptors (Lipinski definition) is 1. The van der Waals surface area contributed by atoms with Gasteiger partial charge in [0.05, 0.1) is 0 Å². The molecule has 0 bridgehead atoms. The van der Waals surface area contributed by atoms with Crippen LogP contribution in [0, 0.1) is 0 Å². The van der Waals surface area contributed by atoms with Crippen molar-refractivity contribution in [1.29, 1.82) is 0 Å². The van der Waals surface area contributed by atoms with E-state index in [0.29, 0.717) is 0 Å². The molecule has 4 heteroatoms. The van der Waals surface area contributed by atoms with Gasteiger partial charge in [0, 0.05) is 13.1 Å². The summed E-state index contributed by atoms with van der Waals surface area (Å²) >= 11 is 0. The van der Waals surface area contributed by atoms with E-state index in [1.165, 1.54) is 44.9 Å². The van der Waals surface area contributed by atoms with Crippen LogP contribution in [0.25, 0.3) is 0 Å². The first-order chi connectivity index (χ1) is 7.30. The van der Waals surface area contributed by atoms with Gasteiger partial charge in [-0.05, 0) is 17.4 Å². The second-order valence-corrected chi connectivity index (χ2v) is 5.46. The molecular formula is C11H23NO2P+. The number of rotatable bonds is 1. The van der Waals surface area contributed by atoms with Crippen molar-refractivity contribution in [3.8, 4) is 0 Å².